The number of ether oxygens (including phenoxy) is 1. The highest BCUT2D eigenvalue weighted by atomic mass is 16.5. The average molecular weight is 422 g/mol. The van der Waals surface area contributed by atoms with Crippen LogP contribution in [0.3, 0.4) is 0 Å². The Morgan fingerprint density at radius 3 is 1.83 bits per heavy atom. The topological polar surface area (TPSA) is 170 Å². The first-order valence-electron chi connectivity index (χ1n) is 9.18. The van der Waals surface area contributed by atoms with Gasteiger partial charge in [0, 0.05) is 25.2 Å². The predicted molar refractivity (Wildman–Crippen MR) is 105 cm³/mol. The van der Waals surface area contributed by atoms with Crippen LogP contribution < -0.4 is 0 Å². The molecule has 5 N–H and O–H groups in total. The third-order valence-corrected chi connectivity index (χ3v) is 3.72. The standard InChI is InChI=1S/C11H15NO4.C9H11NO4/c1-2-16-11(15)10-6-8(3-4-12-10)5-9(14)7-13;11-5-7(12)3-6-1-2-10-8(4-6)9(13)14/h3-4,6,9,13-14H,2,5,7H2,1H3;1-2,4,7,11-12H,3,5H2,(H,13,14). The molecular formula is C20H26N2O8. The van der Waals surface area contributed by atoms with Crippen molar-refractivity contribution in [3.8, 4) is 0 Å². The van der Waals surface area contributed by atoms with Crippen molar-refractivity contribution in [3.63, 3.8) is 0 Å². The Morgan fingerprint density at radius 2 is 1.40 bits per heavy atom. The van der Waals surface area contributed by atoms with E-state index >= 15 is 0 Å². The minimum atomic E-state index is -1.11. The van der Waals surface area contributed by atoms with Gasteiger partial charge in [0.15, 0.2) is 0 Å². The Bertz CT molecular complexity index is 815. The van der Waals surface area contributed by atoms with E-state index in [-0.39, 0.29) is 37.4 Å². The number of aromatic carboxylic acids is 1. The fourth-order valence-electron chi connectivity index (χ4n) is 2.31. The SMILES string of the molecule is CCOC(=O)c1cc(CC(O)CO)ccn1.O=C(O)c1cc(CC(O)CO)ccn1. The lowest BCUT2D eigenvalue weighted by atomic mass is 10.1. The maximum atomic E-state index is 11.4. The summed E-state index contributed by atoms with van der Waals surface area (Å²) in [4.78, 5) is 29.4. The number of carbonyl (C=O) groups excluding carboxylic acids is 1. The zero-order chi connectivity index (χ0) is 22.5. The van der Waals surface area contributed by atoms with E-state index in [1.165, 1.54) is 18.5 Å². The fourth-order valence-corrected chi connectivity index (χ4v) is 2.31. The van der Waals surface area contributed by atoms with E-state index in [1.807, 2.05) is 0 Å². The van der Waals surface area contributed by atoms with E-state index in [1.54, 1.807) is 25.1 Å². The summed E-state index contributed by atoms with van der Waals surface area (Å²) in [6.07, 6.45) is 1.66. The van der Waals surface area contributed by atoms with Crippen molar-refractivity contribution in [3.05, 3.63) is 59.2 Å². The summed E-state index contributed by atoms with van der Waals surface area (Å²) >= 11 is 0. The Labute approximate surface area is 173 Å². The first-order chi connectivity index (χ1) is 14.3. The summed E-state index contributed by atoms with van der Waals surface area (Å²) in [6.45, 7) is 1.36. The molecule has 0 radical (unpaired) electrons. The molecule has 164 valence electrons. The van der Waals surface area contributed by atoms with Crippen LogP contribution in [0.2, 0.25) is 0 Å². The van der Waals surface area contributed by atoms with Crippen molar-refractivity contribution >= 4 is 11.9 Å². The van der Waals surface area contributed by atoms with Gasteiger partial charge in [-0.05, 0) is 42.3 Å². The third kappa shape index (κ3) is 9.05. The van der Waals surface area contributed by atoms with Gasteiger partial charge in [-0.2, -0.15) is 0 Å². The Balaban J connectivity index is 0.000000303. The van der Waals surface area contributed by atoms with Crippen LogP contribution in [0.5, 0.6) is 0 Å². The number of aromatic nitrogens is 2. The monoisotopic (exact) mass is 422 g/mol. The molecule has 0 spiro atoms. The van der Waals surface area contributed by atoms with Crippen LogP contribution in [-0.4, -0.2) is 79.5 Å². The molecule has 2 heterocycles. The van der Waals surface area contributed by atoms with Gasteiger partial charge in [0.25, 0.3) is 0 Å². The number of hydrogen-bond acceptors (Lipinski definition) is 9. The van der Waals surface area contributed by atoms with E-state index < -0.39 is 24.1 Å². The molecule has 0 bridgehead atoms. The van der Waals surface area contributed by atoms with Crippen molar-refractivity contribution in [2.45, 2.75) is 32.0 Å². The molecule has 0 saturated carbocycles. The van der Waals surface area contributed by atoms with Crippen molar-refractivity contribution in [1.29, 1.82) is 0 Å². The molecule has 2 aromatic rings. The molecule has 30 heavy (non-hydrogen) atoms. The van der Waals surface area contributed by atoms with E-state index in [2.05, 4.69) is 9.97 Å². The van der Waals surface area contributed by atoms with Crippen LogP contribution in [0.25, 0.3) is 0 Å². The van der Waals surface area contributed by atoms with Gasteiger partial charge in [-0.15, -0.1) is 0 Å². The Morgan fingerprint density at radius 1 is 0.933 bits per heavy atom. The summed E-state index contributed by atoms with van der Waals surface area (Å²) in [5, 5.41) is 44.3. The molecule has 0 saturated heterocycles. The molecule has 0 aliphatic heterocycles. The second kappa shape index (κ2) is 13.3. The predicted octanol–water partition coefficient (Wildman–Crippen LogP) is -0.171. The van der Waals surface area contributed by atoms with Crippen LogP contribution in [0, 0.1) is 0 Å². The fraction of sp³-hybridized carbons (Fsp3) is 0.400. The van der Waals surface area contributed by atoms with E-state index in [0.29, 0.717) is 12.2 Å². The number of rotatable bonds is 9. The molecular weight excluding hydrogens is 396 g/mol. The molecule has 2 rings (SSSR count). The number of carbonyl (C=O) groups is 2. The highest BCUT2D eigenvalue weighted by molar-refractivity contribution is 5.87. The normalized spacial score (nSPS) is 12.3. The summed E-state index contributed by atoms with van der Waals surface area (Å²) in [7, 11) is 0. The number of hydrogen-bond donors (Lipinski definition) is 5. The quantitative estimate of drug-likeness (QED) is 0.342. The van der Waals surface area contributed by atoms with Crippen LogP contribution >= 0.6 is 0 Å². The maximum Gasteiger partial charge on any atom is 0.356 e. The molecule has 0 aliphatic rings. The second-order valence-electron chi connectivity index (χ2n) is 6.21. The number of esters is 1. The van der Waals surface area contributed by atoms with Crippen molar-refractivity contribution < 1.29 is 39.9 Å². The van der Waals surface area contributed by atoms with Gasteiger partial charge in [-0.1, -0.05) is 0 Å². The molecule has 2 unspecified atom stereocenters. The van der Waals surface area contributed by atoms with Crippen LogP contribution in [-0.2, 0) is 17.6 Å². The molecule has 0 fully saturated rings. The van der Waals surface area contributed by atoms with E-state index in [9.17, 15) is 14.7 Å². The molecule has 0 aromatic carbocycles. The van der Waals surface area contributed by atoms with E-state index in [4.69, 9.17) is 25.2 Å². The van der Waals surface area contributed by atoms with Crippen LogP contribution in [0.4, 0.5) is 0 Å². The van der Waals surface area contributed by atoms with E-state index in [0.717, 1.165) is 5.56 Å². The lowest BCUT2D eigenvalue weighted by Gasteiger charge is -2.07. The number of carboxylic acid groups (broad SMARTS) is 1. The smallest absolute Gasteiger partial charge is 0.356 e. The van der Waals surface area contributed by atoms with Gasteiger partial charge >= 0.3 is 11.9 Å². The maximum absolute atomic E-state index is 11.4. The number of nitrogens with zero attached hydrogens (tertiary/aromatic N) is 2. The van der Waals surface area contributed by atoms with Crippen LogP contribution in [0.1, 0.15) is 39.0 Å². The number of pyridine rings is 2. The van der Waals surface area contributed by atoms with Crippen molar-refractivity contribution in [2.75, 3.05) is 19.8 Å². The minimum absolute atomic E-state index is 0.0624. The molecule has 2 atom stereocenters. The molecule has 10 nitrogen and oxygen atoms in total. The first kappa shape index (κ1) is 25.1. The molecule has 0 amide bonds. The van der Waals surface area contributed by atoms with Gasteiger partial charge in [0.05, 0.1) is 32.0 Å². The summed E-state index contributed by atoms with van der Waals surface area (Å²) < 4.78 is 4.80. The van der Waals surface area contributed by atoms with Crippen molar-refractivity contribution in [1.82, 2.24) is 9.97 Å². The van der Waals surface area contributed by atoms with Crippen LogP contribution in [0.15, 0.2) is 36.7 Å². The summed E-state index contributed by atoms with van der Waals surface area (Å²) in [6, 6.07) is 6.21. The minimum Gasteiger partial charge on any atom is -0.477 e. The zero-order valence-electron chi connectivity index (χ0n) is 16.5. The second-order valence-corrected chi connectivity index (χ2v) is 6.21. The molecule has 10 heteroatoms. The largest absolute Gasteiger partial charge is 0.477 e. The Kier molecular flexibility index (Phi) is 11.2. The lowest BCUT2D eigenvalue weighted by molar-refractivity contribution is 0.0518. The zero-order valence-corrected chi connectivity index (χ0v) is 16.5. The van der Waals surface area contributed by atoms with Gasteiger partial charge < -0.3 is 30.3 Å². The van der Waals surface area contributed by atoms with Gasteiger partial charge in [0.1, 0.15) is 11.4 Å². The molecule has 0 aliphatic carbocycles. The number of carboxylic acids is 1. The summed E-state index contributed by atoms with van der Waals surface area (Å²) in [5.74, 6) is -1.59. The summed E-state index contributed by atoms with van der Waals surface area (Å²) in [5.41, 5.74) is 1.52. The third-order valence-electron chi connectivity index (χ3n) is 3.72. The van der Waals surface area contributed by atoms with Gasteiger partial charge in [-0.25, -0.2) is 19.6 Å². The molecule has 2 aromatic heterocycles. The number of aliphatic hydroxyl groups is 4. The highest BCUT2D eigenvalue weighted by Gasteiger charge is 2.10. The van der Waals surface area contributed by atoms with Gasteiger partial charge in [0.2, 0.25) is 0 Å². The number of aliphatic hydroxyl groups excluding tert-OH is 4. The Hall–Kier alpha value is -2.92. The highest BCUT2D eigenvalue weighted by Crippen LogP contribution is 2.07. The van der Waals surface area contributed by atoms with Gasteiger partial charge in [-0.3, -0.25) is 0 Å². The lowest BCUT2D eigenvalue weighted by Crippen LogP contribution is -2.16. The average Bonchev–Trinajstić information content (AvgIpc) is 2.74. The first-order valence-corrected chi connectivity index (χ1v) is 9.18. The van der Waals surface area contributed by atoms with Crippen molar-refractivity contribution in [2.24, 2.45) is 0 Å².